The van der Waals surface area contributed by atoms with Gasteiger partial charge >= 0.3 is 12.2 Å². The Labute approximate surface area is 213 Å². The first kappa shape index (κ1) is 27.5. The Hall–Kier alpha value is -4.10. The molecule has 0 fully saturated rings. The third kappa shape index (κ3) is 7.21. The Balaban J connectivity index is 2.10. The van der Waals surface area contributed by atoms with Crippen molar-refractivity contribution in [3.63, 3.8) is 0 Å². The predicted molar refractivity (Wildman–Crippen MR) is 132 cm³/mol. The Morgan fingerprint density at radius 1 is 1.05 bits per heavy atom. The lowest BCUT2D eigenvalue weighted by atomic mass is 9.87. The highest BCUT2D eigenvalue weighted by molar-refractivity contribution is 7.92. The number of nitrogens with zero attached hydrogens (tertiary/aromatic N) is 2. The molecule has 0 aliphatic heterocycles. The van der Waals surface area contributed by atoms with Crippen molar-refractivity contribution in [2.24, 2.45) is 0 Å². The predicted octanol–water partition coefficient (Wildman–Crippen LogP) is 3.80. The summed E-state index contributed by atoms with van der Waals surface area (Å²) in [5.74, 6) is -0.470. The van der Waals surface area contributed by atoms with Gasteiger partial charge in [0.2, 0.25) is 5.75 Å². The minimum absolute atomic E-state index is 0.0787. The number of hydrogen-bond acceptors (Lipinski definition) is 10. The minimum Gasteiger partial charge on any atom is -0.497 e. The molecule has 0 saturated heterocycles. The van der Waals surface area contributed by atoms with Crippen LogP contribution in [0.5, 0.6) is 29.1 Å². The van der Waals surface area contributed by atoms with Crippen molar-refractivity contribution in [3.05, 3.63) is 54.1 Å². The molecule has 0 spiro atoms. The van der Waals surface area contributed by atoms with E-state index in [-0.39, 0.29) is 34.3 Å². The molecule has 0 unspecified atom stereocenters. The number of aromatic nitrogens is 2. The van der Waals surface area contributed by atoms with Gasteiger partial charge in [-0.2, -0.15) is 9.97 Å². The molecule has 37 heavy (non-hydrogen) atoms. The largest absolute Gasteiger partial charge is 0.513 e. The maximum absolute atomic E-state index is 13.2. The zero-order valence-corrected chi connectivity index (χ0v) is 21.4. The number of aliphatic hydroxyl groups is 1. The van der Waals surface area contributed by atoms with E-state index in [2.05, 4.69) is 19.4 Å². The van der Waals surface area contributed by atoms with Crippen LogP contribution in [0.15, 0.2) is 53.4 Å². The molecule has 0 aliphatic carbocycles. The van der Waals surface area contributed by atoms with E-state index in [1.807, 2.05) is 20.8 Å². The molecule has 0 atom stereocenters. The molecule has 0 bridgehead atoms. The number of carbonyl (C=O) groups is 1. The number of nitrogens with one attached hydrogen (secondary N) is 1. The lowest BCUT2D eigenvalue weighted by Crippen LogP contribution is -2.18. The van der Waals surface area contributed by atoms with Crippen molar-refractivity contribution >= 4 is 22.0 Å². The first-order valence-electron chi connectivity index (χ1n) is 10.9. The van der Waals surface area contributed by atoms with Crippen LogP contribution in [0.2, 0.25) is 0 Å². The monoisotopic (exact) mass is 533 g/mol. The summed E-state index contributed by atoms with van der Waals surface area (Å²) >= 11 is 0. The average Bonchev–Trinajstić information content (AvgIpc) is 2.83. The molecule has 0 amide bonds. The average molecular weight is 534 g/mol. The molecule has 0 aliphatic rings. The van der Waals surface area contributed by atoms with E-state index in [1.54, 1.807) is 30.3 Å². The summed E-state index contributed by atoms with van der Waals surface area (Å²) in [6, 6.07) is 11.9. The van der Waals surface area contributed by atoms with Crippen LogP contribution in [0.4, 0.5) is 10.6 Å². The Morgan fingerprint density at radius 3 is 2.32 bits per heavy atom. The number of hydrogen-bond donors (Lipinski definition) is 3. The van der Waals surface area contributed by atoms with Crippen molar-refractivity contribution in [2.45, 2.75) is 31.1 Å². The zero-order chi connectivity index (χ0) is 27.2. The van der Waals surface area contributed by atoms with Crippen LogP contribution in [0.25, 0.3) is 0 Å². The normalized spacial score (nSPS) is 11.5. The topological polar surface area (TPSA) is 166 Å². The van der Waals surface area contributed by atoms with Crippen LogP contribution >= 0.6 is 0 Å². The molecule has 3 aromatic rings. The number of aliphatic hydroxyl groups excluding tert-OH is 1. The number of sulfonamides is 1. The summed E-state index contributed by atoms with van der Waals surface area (Å²) in [4.78, 5) is 18.8. The third-order valence-corrected chi connectivity index (χ3v) is 6.20. The highest BCUT2D eigenvalue weighted by Crippen LogP contribution is 2.39. The summed E-state index contributed by atoms with van der Waals surface area (Å²) in [7, 11) is -2.78. The van der Waals surface area contributed by atoms with Gasteiger partial charge in [-0.3, -0.25) is 4.72 Å². The molecule has 12 nitrogen and oxygen atoms in total. The van der Waals surface area contributed by atoms with Gasteiger partial charge in [0.25, 0.3) is 15.9 Å². The van der Waals surface area contributed by atoms with Crippen molar-refractivity contribution in [1.29, 1.82) is 0 Å². The molecule has 0 saturated carbocycles. The number of anilines is 1. The zero-order valence-electron chi connectivity index (χ0n) is 20.6. The number of ether oxygens (including phenoxy) is 4. The summed E-state index contributed by atoms with van der Waals surface area (Å²) in [6.07, 6.45) is -1.74. The van der Waals surface area contributed by atoms with E-state index in [0.29, 0.717) is 5.75 Å². The van der Waals surface area contributed by atoms with E-state index >= 15 is 0 Å². The maximum Gasteiger partial charge on any atom is 0.513 e. The molecule has 3 N–H and O–H groups in total. The quantitative estimate of drug-likeness (QED) is 0.324. The van der Waals surface area contributed by atoms with Crippen LogP contribution in [0.1, 0.15) is 26.3 Å². The van der Waals surface area contributed by atoms with Crippen LogP contribution in [0.3, 0.4) is 0 Å². The van der Waals surface area contributed by atoms with Crippen LogP contribution < -0.4 is 23.7 Å². The molecule has 198 valence electrons. The van der Waals surface area contributed by atoms with Gasteiger partial charge in [0.1, 0.15) is 18.1 Å². The number of methoxy groups -OCH3 is 1. The lowest BCUT2D eigenvalue weighted by molar-refractivity contribution is 0.139. The standard InChI is InChI=1S/C24H27N3O9S/c1-24(2,3)15-8-10-18(11-9-15)37(31,32)27-20-19(35-17-7-5-6-16(14-17)33-4)21(34-13-12-28)26-22(25-20)36-23(29)30/h5-11,14,28H,12-13H2,1-4H3,(H,29,30)(H,25,26,27). The second kappa shape index (κ2) is 11.3. The molecule has 1 aromatic heterocycles. The molecular formula is C24H27N3O9S. The fourth-order valence-electron chi connectivity index (χ4n) is 3.04. The molecular weight excluding hydrogens is 506 g/mol. The van der Waals surface area contributed by atoms with Gasteiger partial charge < -0.3 is 29.2 Å². The summed E-state index contributed by atoms with van der Waals surface area (Å²) < 4.78 is 49.7. The highest BCUT2D eigenvalue weighted by atomic mass is 32.2. The van der Waals surface area contributed by atoms with Crippen molar-refractivity contribution in [2.75, 3.05) is 25.0 Å². The number of carboxylic acid groups (broad SMARTS) is 1. The summed E-state index contributed by atoms with van der Waals surface area (Å²) in [5.41, 5.74) is 0.731. The second-order valence-corrected chi connectivity index (χ2v) is 10.3. The Bertz CT molecular complexity index is 1350. The highest BCUT2D eigenvalue weighted by Gasteiger charge is 2.26. The van der Waals surface area contributed by atoms with Crippen LogP contribution in [-0.4, -0.2) is 55.1 Å². The van der Waals surface area contributed by atoms with Gasteiger partial charge in [0, 0.05) is 6.07 Å². The van der Waals surface area contributed by atoms with Crippen molar-refractivity contribution in [3.8, 4) is 29.1 Å². The van der Waals surface area contributed by atoms with Crippen LogP contribution in [-0.2, 0) is 15.4 Å². The fourth-order valence-corrected chi connectivity index (χ4v) is 4.04. The van der Waals surface area contributed by atoms with Gasteiger partial charge in [-0.05, 0) is 35.2 Å². The van der Waals surface area contributed by atoms with Crippen molar-refractivity contribution in [1.82, 2.24) is 9.97 Å². The first-order chi connectivity index (χ1) is 17.4. The van der Waals surface area contributed by atoms with E-state index < -0.39 is 34.6 Å². The molecule has 1 heterocycles. The fraction of sp³-hybridized carbons (Fsp3) is 0.292. The van der Waals surface area contributed by atoms with Gasteiger partial charge in [-0.25, -0.2) is 13.2 Å². The van der Waals surface area contributed by atoms with E-state index in [0.717, 1.165) is 5.56 Å². The van der Waals surface area contributed by atoms with E-state index in [9.17, 15) is 18.3 Å². The van der Waals surface area contributed by atoms with Gasteiger partial charge in [0.05, 0.1) is 18.6 Å². The molecule has 2 aromatic carbocycles. The maximum atomic E-state index is 13.2. The Morgan fingerprint density at radius 2 is 1.73 bits per heavy atom. The smallest absolute Gasteiger partial charge is 0.497 e. The summed E-state index contributed by atoms with van der Waals surface area (Å²) in [5, 5.41) is 18.2. The second-order valence-electron chi connectivity index (χ2n) is 8.59. The van der Waals surface area contributed by atoms with E-state index in [1.165, 1.54) is 25.3 Å². The van der Waals surface area contributed by atoms with Gasteiger partial charge in [-0.15, -0.1) is 0 Å². The third-order valence-electron chi connectivity index (χ3n) is 4.85. The SMILES string of the molecule is COc1cccc(Oc2c(NS(=O)(=O)c3ccc(C(C)(C)C)cc3)nc(OC(=O)O)nc2OCCO)c1. The van der Waals surface area contributed by atoms with Crippen molar-refractivity contribution < 1.29 is 42.4 Å². The van der Waals surface area contributed by atoms with E-state index in [4.69, 9.17) is 19.3 Å². The first-order valence-corrected chi connectivity index (χ1v) is 12.4. The van der Waals surface area contributed by atoms with Crippen LogP contribution in [0, 0.1) is 0 Å². The minimum atomic E-state index is -4.24. The lowest BCUT2D eigenvalue weighted by Gasteiger charge is -2.19. The Kier molecular flexibility index (Phi) is 8.40. The van der Waals surface area contributed by atoms with Gasteiger partial charge in [-0.1, -0.05) is 39.0 Å². The van der Waals surface area contributed by atoms with Gasteiger partial charge in [0.15, 0.2) is 5.82 Å². The number of rotatable bonds is 10. The summed E-state index contributed by atoms with van der Waals surface area (Å²) in [6.45, 7) is 5.30. The molecule has 0 radical (unpaired) electrons. The molecule has 13 heteroatoms. The molecule has 3 rings (SSSR count). The number of benzene rings is 2.